The van der Waals surface area contributed by atoms with Gasteiger partial charge >= 0.3 is 5.97 Å². The first-order valence-corrected chi connectivity index (χ1v) is 7.59. The maximum Gasteiger partial charge on any atom is 0.341 e. The number of hydrogen-bond acceptors (Lipinski definition) is 5. The quantitative estimate of drug-likeness (QED) is 0.589. The second-order valence-corrected chi connectivity index (χ2v) is 5.25. The first-order chi connectivity index (χ1) is 10.6. The molecule has 110 valence electrons. The van der Waals surface area contributed by atoms with Crippen molar-refractivity contribution in [2.45, 2.75) is 5.16 Å². The molecule has 0 saturated heterocycles. The molecule has 0 saturated carbocycles. The summed E-state index contributed by atoms with van der Waals surface area (Å²) in [5.74, 6) is -1.27. The van der Waals surface area contributed by atoms with E-state index in [4.69, 9.17) is 0 Å². The Balaban J connectivity index is 2.45. The number of benzene rings is 1. The number of carboxylic acid groups (broad SMARTS) is 1. The molecular weight excluding hydrogens is 302 g/mol. The molecule has 0 bridgehead atoms. The third-order valence-electron chi connectivity index (χ3n) is 3.17. The fraction of sp³-hybridized carbons (Fsp3) is 0.0667. The average Bonchev–Trinajstić information content (AvgIpc) is 2.55. The molecule has 6 nitrogen and oxygen atoms in total. The van der Waals surface area contributed by atoms with Crippen LogP contribution in [-0.4, -0.2) is 31.9 Å². The number of aromatic nitrogens is 3. The van der Waals surface area contributed by atoms with E-state index in [0.717, 1.165) is 5.69 Å². The first-order valence-electron chi connectivity index (χ1n) is 6.37. The minimum Gasteiger partial charge on any atom is -0.477 e. The number of nitrogens with zero attached hydrogens (tertiary/aromatic N) is 3. The fourth-order valence-corrected chi connectivity index (χ4v) is 2.47. The number of para-hydroxylation sites is 1. The SMILES string of the molecule is CSc1ncc2c(=O)c(C(=O)O)cn(-c3ccccc3)c2n1. The third kappa shape index (κ3) is 2.35. The third-order valence-corrected chi connectivity index (χ3v) is 3.73. The number of hydrogen-bond donors (Lipinski definition) is 1. The second-order valence-electron chi connectivity index (χ2n) is 4.48. The molecule has 0 radical (unpaired) electrons. The molecule has 7 heteroatoms. The van der Waals surface area contributed by atoms with Gasteiger partial charge in [0.1, 0.15) is 5.56 Å². The number of carbonyl (C=O) groups is 1. The van der Waals surface area contributed by atoms with Crippen molar-refractivity contribution in [1.29, 1.82) is 0 Å². The van der Waals surface area contributed by atoms with Crippen molar-refractivity contribution in [3.8, 4) is 5.69 Å². The first kappa shape index (κ1) is 14.3. The van der Waals surface area contributed by atoms with E-state index in [1.807, 2.05) is 36.6 Å². The van der Waals surface area contributed by atoms with Gasteiger partial charge in [0.2, 0.25) is 5.43 Å². The average molecular weight is 313 g/mol. The van der Waals surface area contributed by atoms with Gasteiger partial charge in [0.25, 0.3) is 0 Å². The summed E-state index contributed by atoms with van der Waals surface area (Å²) in [6.45, 7) is 0. The van der Waals surface area contributed by atoms with Gasteiger partial charge < -0.3 is 9.67 Å². The summed E-state index contributed by atoms with van der Waals surface area (Å²) in [5, 5.41) is 9.93. The molecule has 2 aromatic heterocycles. The van der Waals surface area contributed by atoms with Gasteiger partial charge in [-0.25, -0.2) is 14.8 Å². The van der Waals surface area contributed by atoms with Gasteiger partial charge in [-0.2, -0.15) is 0 Å². The smallest absolute Gasteiger partial charge is 0.341 e. The minimum absolute atomic E-state index is 0.182. The Hall–Kier alpha value is -2.67. The van der Waals surface area contributed by atoms with Gasteiger partial charge in [-0.1, -0.05) is 30.0 Å². The molecule has 0 fully saturated rings. The van der Waals surface area contributed by atoms with Crippen molar-refractivity contribution in [3.63, 3.8) is 0 Å². The van der Waals surface area contributed by atoms with Crippen LogP contribution in [0.2, 0.25) is 0 Å². The van der Waals surface area contributed by atoms with Crippen LogP contribution in [0.4, 0.5) is 0 Å². The second kappa shape index (κ2) is 5.61. The number of fused-ring (bicyclic) bond motifs is 1. The molecule has 2 heterocycles. The van der Waals surface area contributed by atoms with E-state index < -0.39 is 11.4 Å². The zero-order chi connectivity index (χ0) is 15.7. The summed E-state index contributed by atoms with van der Waals surface area (Å²) >= 11 is 1.35. The Kier molecular flexibility index (Phi) is 3.64. The zero-order valence-electron chi connectivity index (χ0n) is 11.6. The molecular formula is C15H11N3O3S. The molecule has 1 aromatic carbocycles. The van der Waals surface area contributed by atoms with Gasteiger partial charge in [0.05, 0.1) is 5.39 Å². The van der Waals surface area contributed by atoms with E-state index in [1.165, 1.54) is 24.2 Å². The lowest BCUT2D eigenvalue weighted by Crippen LogP contribution is -2.19. The Bertz CT molecular complexity index is 922. The fourth-order valence-electron chi connectivity index (χ4n) is 2.13. The van der Waals surface area contributed by atoms with Gasteiger partial charge in [-0.3, -0.25) is 4.79 Å². The lowest BCUT2D eigenvalue weighted by Gasteiger charge is -2.11. The van der Waals surface area contributed by atoms with E-state index in [2.05, 4.69) is 9.97 Å². The van der Waals surface area contributed by atoms with Crippen LogP contribution in [0.15, 0.2) is 52.7 Å². The van der Waals surface area contributed by atoms with E-state index in [0.29, 0.717) is 10.8 Å². The molecule has 1 N–H and O–H groups in total. The highest BCUT2D eigenvalue weighted by atomic mass is 32.2. The Morgan fingerprint density at radius 3 is 2.64 bits per heavy atom. The Morgan fingerprint density at radius 2 is 2.00 bits per heavy atom. The summed E-state index contributed by atoms with van der Waals surface area (Å²) in [4.78, 5) is 32.0. The van der Waals surface area contributed by atoms with Crippen LogP contribution in [-0.2, 0) is 0 Å². The highest BCUT2D eigenvalue weighted by Crippen LogP contribution is 2.18. The van der Waals surface area contributed by atoms with E-state index >= 15 is 0 Å². The predicted molar refractivity (Wildman–Crippen MR) is 83.9 cm³/mol. The monoisotopic (exact) mass is 313 g/mol. The lowest BCUT2D eigenvalue weighted by atomic mass is 10.2. The number of rotatable bonds is 3. The molecule has 3 rings (SSSR count). The van der Waals surface area contributed by atoms with E-state index in [-0.39, 0.29) is 10.9 Å². The summed E-state index contributed by atoms with van der Waals surface area (Å²) in [7, 11) is 0. The molecule has 0 unspecified atom stereocenters. The maximum atomic E-state index is 12.3. The van der Waals surface area contributed by atoms with Crippen molar-refractivity contribution in [2.24, 2.45) is 0 Å². The number of pyridine rings is 1. The minimum atomic E-state index is -1.27. The Morgan fingerprint density at radius 1 is 1.27 bits per heavy atom. The summed E-state index contributed by atoms with van der Waals surface area (Å²) < 4.78 is 1.60. The van der Waals surface area contributed by atoms with Crippen molar-refractivity contribution in [1.82, 2.24) is 14.5 Å². The van der Waals surface area contributed by atoms with Crippen molar-refractivity contribution >= 4 is 28.8 Å². The molecule has 0 aliphatic carbocycles. The lowest BCUT2D eigenvalue weighted by molar-refractivity contribution is 0.0695. The van der Waals surface area contributed by atoms with Crippen LogP contribution in [0.1, 0.15) is 10.4 Å². The molecule has 0 spiro atoms. The zero-order valence-corrected chi connectivity index (χ0v) is 12.4. The van der Waals surface area contributed by atoms with Gasteiger partial charge in [-0.05, 0) is 18.4 Å². The molecule has 0 atom stereocenters. The van der Waals surface area contributed by atoms with Crippen LogP contribution in [0.25, 0.3) is 16.7 Å². The summed E-state index contributed by atoms with van der Waals surface area (Å²) in [5.41, 5.74) is 0.223. The Labute approximate surface area is 129 Å². The van der Waals surface area contributed by atoms with Gasteiger partial charge in [-0.15, -0.1) is 0 Å². The van der Waals surface area contributed by atoms with Crippen molar-refractivity contribution < 1.29 is 9.90 Å². The van der Waals surface area contributed by atoms with E-state index in [1.54, 1.807) is 4.57 Å². The standard InChI is InChI=1S/C15H11N3O3S/c1-22-15-16-7-10-12(19)11(14(20)21)8-18(13(10)17-15)9-5-3-2-4-6-9/h2-8H,1H3,(H,20,21). The van der Waals surface area contributed by atoms with Crippen LogP contribution in [0.5, 0.6) is 0 Å². The van der Waals surface area contributed by atoms with Gasteiger partial charge in [0, 0.05) is 18.1 Å². The largest absolute Gasteiger partial charge is 0.477 e. The number of aromatic carboxylic acids is 1. The summed E-state index contributed by atoms with van der Waals surface area (Å²) in [6, 6.07) is 9.15. The summed E-state index contributed by atoms with van der Waals surface area (Å²) in [6.07, 6.45) is 4.51. The molecule has 3 aromatic rings. The van der Waals surface area contributed by atoms with Crippen LogP contribution < -0.4 is 5.43 Å². The van der Waals surface area contributed by atoms with Crippen LogP contribution >= 0.6 is 11.8 Å². The van der Waals surface area contributed by atoms with Crippen molar-refractivity contribution in [2.75, 3.05) is 6.26 Å². The highest BCUT2D eigenvalue weighted by Gasteiger charge is 2.17. The number of carboxylic acids is 1. The molecule has 22 heavy (non-hydrogen) atoms. The van der Waals surface area contributed by atoms with Crippen LogP contribution in [0, 0.1) is 0 Å². The highest BCUT2D eigenvalue weighted by molar-refractivity contribution is 7.98. The number of thioether (sulfide) groups is 1. The van der Waals surface area contributed by atoms with Crippen molar-refractivity contribution in [3.05, 3.63) is 58.5 Å². The molecule has 0 amide bonds. The molecule has 0 aliphatic heterocycles. The molecule has 0 aliphatic rings. The normalized spacial score (nSPS) is 10.8. The maximum absolute atomic E-state index is 12.3. The topological polar surface area (TPSA) is 85.1 Å². The van der Waals surface area contributed by atoms with Gasteiger partial charge in [0.15, 0.2) is 10.8 Å². The predicted octanol–water partition coefficient (Wildman–Crippen LogP) is 2.20. The van der Waals surface area contributed by atoms with E-state index in [9.17, 15) is 14.7 Å². The van der Waals surface area contributed by atoms with Crippen LogP contribution in [0.3, 0.4) is 0 Å².